The van der Waals surface area contributed by atoms with E-state index < -0.39 is 41.3 Å². The van der Waals surface area contributed by atoms with E-state index >= 15 is 0 Å². The summed E-state index contributed by atoms with van der Waals surface area (Å²) in [6.45, 7) is 11.1. The minimum atomic E-state index is -1.20. The standard InChI is InChI=1S/C34H39N3O7/c1-7-22-19-34(22,31(39)42-8-2)36-30(38)28-17-24(20-37(28)32(40)44-33(3,4)5)43-29-18-26(21-12-10-9-11-13-21)35-27-16-23(41-6)14-15-25(27)29/h7,9-16,18,22,24,28H,1,8,17,19-20H2,2-6H3,(H,36,38)/t22-,24+,28-,34+/m0/s1. The molecule has 1 aliphatic carbocycles. The number of carbonyl (C=O) groups excluding carboxylic acids is 3. The normalized spacial score (nSPS) is 22.7. The van der Waals surface area contributed by atoms with Crippen LogP contribution in [-0.4, -0.2) is 71.4 Å². The van der Waals surface area contributed by atoms with Crippen LogP contribution in [0.5, 0.6) is 11.5 Å². The lowest BCUT2D eigenvalue weighted by atomic mass is 10.1. The molecule has 2 aromatic carbocycles. The Balaban J connectivity index is 1.46. The molecule has 44 heavy (non-hydrogen) atoms. The number of nitrogens with zero attached hydrogens (tertiary/aromatic N) is 2. The molecule has 1 aliphatic heterocycles. The number of esters is 1. The van der Waals surface area contributed by atoms with E-state index in [2.05, 4.69) is 11.9 Å². The highest BCUT2D eigenvalue weighted by Crippen LogP contribution is 2.46. The summed E-state index contributed by atoms with van der Waals surface area (Å²) in [6.07, 6.45) is 1.01. The van der Waals surface area contributed by atoms with E-state index in [0.717, 1.165) is 10.9 Å². The number of methoxy groups -OCH3 is 1. The van der Waals surface area contributed by atoms with Gasteiger partial charge in [-0.1, -0.05) is 36.4 Å². The molecule has 232 valence electrons. The maximum atomic E-state index is 13.8. The molecule has 2 fully saturated rings. The van der Waals surface area contributed by atoms with Crippen LogP contribution in [0.3, 0.4) is 0 Å². The number of nitrogens with one attached hydrogen (secondary N) is 1. The molecule has 0 bridgehead atoms. The van der Waals surface area contributed by atoms with Gasteiger partial charge in [-0.2, -0.15) is 0 Å². The Morgan fingerprint density at radius 1 is 1.14 bits per heavy atom. The van der Waals surface area contributed by atoms with Crippen LogP contribution in [0, 0.1) is 5.92 Å². The lowest BCUT2D eigenvalue weighted by Gasteiger charge is -2.28. The summed E-state index contributed by atoms with van der Waals surface area (Å²) in [5, 5.41) is 3.65. The number of fused-ring (bicyclic) bond motifs is 1. The van der Waals surface area contributed by atoms with Crippen molar-refractivity contribution in [2.24, 2.45) is 5.92 Å². The highest BCUT2D eigenvalue weighted by Gasteiger charge is 2.62. The van der Waals surface area contributed by atoms with Gasteiger partial charge in [-0.25, -0.2) is 14.6 Å². The zero-order valence-corrected chi connectivity index (χ0v) is 25.8. The summed E-state index contributed by atoms with van der Waals surface area (Å²) < 4.78 is 22.9. The molecule has 1 N–H and O–H groups in total. The van der Waals surface area contributed by atoms with Crippen molar-refractivity contribution in [2.75, 3.05) is 20.3 Å². The van der Waals surface area contributed by atoms with Gasteiger partial charge in [-0.3, -0.25) is 9.69 Å². The fourth-order valence-electron chi connectivity index (χ4n) is 5.56. The van der Waals surface area contributed by atoms with Gasteiger partial charge in [-0.05, 0) is 46.2 Å². The fraction of sp³-hybridized carbons (Fsp3) is 0.412. The number of amides is 2. The second-order valence-corrected chi connectivity index (χ2v) is 12.1. The zero-order valence-electron chi connectivity index (χ0n) is 25.8. The monoisotopic (exact) mass is 601 g/mol. The molecule has 0 spiro atoms. The summed E-state index contributed by atoms with van der Waals surface area (Å²) in [5.41, 5.74) is 0.319. The van der Waals surface area contributed by atoms with E-state index in [9.17, 15) is 14.4 Å². The fourth-order valence-corrected chi connectivity index (χ4v) is 5.56. The second-order valence-electron chi connectivity index (χ2n) is 12.1. The lowest BCUT2D eigenvalue weighted by molar-refractivity contribution is -0.149. The summed E-state index contributed by atoms with van der Waals surface area (Å²) in [7, 11) is 1.60. The third-order valence-electron chi connectivity index (χ3n) is 7.82. The predicted molar refractivity (Wildman–Crippen MR) is 165 cm³/mol. The smallest absolute Gasteiger partial charge is 0.411 e. The molecule has 10 heteroatoms. The number of ether oxygens (including phenoxy) is 4. The molecule has 2 aliphatic rings. The van der Waals surface area contributed by atoms with Gasteiger partial charge < -0.3 is 24.3 Å². The van der Waals surface area contributed by atoms with E-state index in [1.165, 1.54) is 4.90 Å². The Hall–Kier alpha value is -4.60. The van der Waals surface area contributed by atoms with Crippen LogP contribution in [0.25, 0.3) is 22.2 Å². The van der Waals surface area contributed by atoms with Crippen LogP contribution < -0.4 is 14.8 Å². The van der Waals surface area contributed by atoms with Crippen molar-refractivity contribution in [2.45, 2.75) is 63.8 Å². The van der Waals surface area contributed by atoms with E-state index in [-0.39, 0.29) is 25.5 Å². The molecule has 0 radical (unpaired) electrons. The number of rotatable bonds is 9. The van der Waals surface area contributed by atoms with Crippen LogP contribution in [0.15, 0.2) is 67.3 Å². The van der Waals surface area contributed by atoms with Gasteiger partial charge in [0, 0.05) is 35.4 Å². The molecule has 1 saturated heterocycles. The topological polar surface area (TPSA) is 116 Å². The van der Waals surface area contributed by atoms with Gasteiger partial charge in [0.2, 0.25) is 5.91 Å². The van der Waals surface area contributed by atoms with Gasteiger partial charge in [0.1, 0.15) is 34.8 Å². The van der Waals surface area contributed by atoms with Crippen molar-refractivity contribution in [1.82, 2.24) is 15.2 Å². The summed E-state index contributed by atoms with van der Waals surface area (Å²) in [5.74, 6) is -0.0360. The SMILES string of the molecule is C=C[C@H]1C[C@]1(NC(=O)[C@@H]1C[C@@H](Oc2cc(-c3ccccc3)nc3cc(OC)ccc23)CN1C(=O)OC(C)(C)C)C(=O)OCC. The van der Waals surface area contributed by atoms with Crippen molar-refractivity contribution in [3.8, 4) is 22.8 Å². The zero-order chi connectivity index (χ0) is 31.6. The molecule has 2 amide bonds. The number of carbonyl (C=O) groups is 3. The highest BCUT2D eigenvalue weighted by molar-refractivity contribution is 5.95. The number of hydrogen-bond donors (Lipinski definition) is 1. The summed E-state index contributed by atoms with van der Waals surface area (Å²) in [6, 6.07) is 16.2. The Kier molecular flexibility index (Phi) is 8.54. The molecule has 10 nitrogen and oxygen atoms in total. The van der Waals surface area contributed by atoms with Gasteiger partial charge in [0.05, 0.1) is 31.5 Å². The number of benzene rings is 2. The van der Waals surface area contributed by atoms with E-state index in [1.807, 2.05) is 54.6 Å². The molecule has 3 aromatic rings. The summed E-state index contributed by atoms with van der Waals surface area (Å²) in [4.78, 5) is 46.2. The van der Waals surface area contributed by atoms with Crippen molar-refractivity contribution in [3.63, 3.8) is 0 Å². The first-order chi connectivity index (χ1) is 21.0. The van der Waals surface area contributed by atoms with Crippen LogP contribution in [0.2, 0.25) is 0 Å². The molecule has 0 unspecified atom stereocenters. The van der Waals surface area contributed by atoms with E-state index in [0.29, 0.717) is 29.1 Å². The first-order valence-corrected chi connectivity index (χ1v) is 14.8. The molecule has 1 aromatic heterocycles. The Labute approximate surface area is 257 Å². The van der Waals surface area contributed by atoms with E-state index in [1.54, 1.807) is 40.9 Å². The van der Waals surface area contributed by atoms with Crippen LogP contribution >= 0.6 is 0 Å². The van der Waals surface area contributed by atoms with E-state index in [4.69, 9.17) is 23.9 Å². The quantitative estimate of drug-likeness (QED) is 0.260. The second kappa shape index (κ2) is 12.2. The number of aromatic nitrogens is 1. The minimum Gasteiger partial charge on any atom is -0.497 e. The predicted octanol–water partition coefficient (Wildman–Crippen LogP) is 5.29. The first kappa shape index (κ1) is 30.8. The molecular weight excluding hydrogens is 562 g/mol. The van der Waals surface area contributed by atoms with Gasteiger partial charge >= 0.3 is 12.1 Å². The number of likely N-dealkylation sites (tertiary alicyclic amines) is 1. The third kappa shape index (κ3) is 6.34. The Morgan fingerprint density at radius 2 is 1.89 bits per heavy atom. The van der Waals surface area contributed by atoms with Crippen molar-refractivity contribution in [1.29, 1.82) is 0 Å². The van der Waals surface area contributed by atoms with Crippen LogP contribution in [0.4, 0.5) is 4.79 Å². The van der Waals surface area contributed by atoms with Crippen molar-refractivity contribution >= 4 is 28.9 Å². The Bertz CT molecular complexity index is 1570. The number of hydrogen-bond acceptors (Lipinski definition) is 8. The van der Waals surface area contributed by atoms with Crippen molar-refractivity contribution in [3.05, 3.63) is 67.3 Å². The van der Waals surface area contributed by atoms with Gasteiger partial charge in [-0.15, -0.1) is 6.58 Å². The minimum absolute atomic E-state index is 0.102. The first-order valence-electron chi connectivity index (χ1n) is 14.8. The van der Waals surface area contributed by atoms with Crippen LogP contribution in [0.1, 0.15) is 40.5 Å². The number of pyridine rings is 1. The largest absolute Gasteiger partial charge is 0.497 e. The summed E-state index contributed by atoms with van der Waals surface area (Å²) >= 11 is 0. The van der Waals surface area contributed by atoms with Gasteiger partial charge in [0.15, 0.2) is 0 Å². The molecule has 2 heterocycles. The lowest BCUT2D eigenvalue weighted by Crippen LogP contribution is -2.53. The van der Waals surface area contributed by atoms with Crippen molar-refractivity contribution < 1.29 is 33.3 Å². The molecule has 1 saturated carbocycles. The van der Waals surface area contributed by atoms with Gasteiger partial charge in [0.25, 0.3) is 0 Å². The molecule has 5 rings (SSSR count). The Morgan fingerprint density at radius 3 is 2.52 bits per heavy atom. The maximum Gasteiger partial charge on any atom is 0.411 e. The molecule has 4 atom stereocenters. The van der Waals surface area contributed by atoms with Crippen LogP contribution in [-0.2, 0) is 19.1 Å². The maximum absolute atomic E-state index is 13.8. The average molecular weight is 602 g/mol. The highest BCUT2D eigenvalue weighted by atomic mass is 16.6. The molecular formula is C34H39N3O7. The third-order valence-corrected chi connectivity index (χ3v) is 7.82. The average Bonchev–Trinajstić information content (AvgIpc) is 3.55.